The van der Waals surface area contributed by atoms with Crippen LogP contribution >= 0.6 is 0 Å². The van der Waals surface area contributed by atoms with Crippen molar-refractivity contribution in [2.75, 3.05) is 0 Å². The van der Waals surface area contributed by atoms with Crippen LogP contribution in [0.5, 0.6) is 0 Å². The zero-order valence-corrected chi connectivity index (χ0v) is 11.3. The Morgan fingerprint density at radius 3 is 2.50 bits per heavy atom. The average molecular weight is 252 g/mol. The number of carboxylic acid groups (broad SMARTS) is 1. The molecule has 2 rings (SSSR count). The smallest absolute Gasteiger partial charge is 0.347 e. The normalized spacial score (nSPS) is 36.3. The van der Waals surface area contributed by atoms with Crippen molar-refractivity contribution in [2.24, 2.45) is 0 Å². The molecule has 2 N–H and O–H groups in total. The molecular weight excluding hydrogens is 232 g/mol. The molecule has 100 valence electrons. The van der Waals surface area contributed by atoms with Crippen LogP contribution in [0.3, 0.4) is 0 Å². The van der Waals surface area contributed by atoms with Crippen LogP contribution in [0.2, 0.25) is 0 Å². The zero-order chi connectivity index (χ0) is 13.7. The predicted octanol–water partition coefficient (Wildman–Crippen LogP) is 2.39. The molecule has 18 heavy (non-hydrogen) atoms. The van der Waals surface area contributed by atoms with E-state index in [9.17, 15) is 15.0 Å². The first-order chi connectivity index (χ1) is 8.17. The van der Waals surface area contributed by atoms with Crippen LogP contribution < -0.4 is 0 Å². The molecule has 1 heterocycles. The molecule has 2 atom stereocenters. The minimum atomic E-state index is -1.15. The molecule has 0 saturated heterocycles. The van der Waals surface area contributed by atoms with Gasteiger partial charge in [-0.15, -0.1) is 0 Å². The van der Waals surface area contributed by atoms with Crippen molar-refractivity contribution in [3.63, 3.8) is 0 Å². The highest BCUT2D eigenvalue weighted by Gasteiger charge is 2.44. The fraction of sp³-hybridized carbons (Fsp3) is 0.643. The van der Waals surface area contributed by atoms with Crippen LogP contribution in [0.15, 0.2) is 22.5 Å². The molecule has 4 nitrogen and oxygen atoms in total. The summed E-state index contributed by atoms with van der Waals surface area (Å²) in [5.74, 6) is -0.257. The van der Waals surface area contributed by atoms with Gasteiger partial charge in [0.05, 0.1) is 5.60 Å². The molecule has 2 unspecified atom stereocenters. The third kappa shape index (κ3) is 1.85. The summed E-state index contributed by atoms with van der Waals surface area (Å²) in [7, 11) is 0. The summed E-state index contributed by atoms with van der Waals surface area (Å²) >= 11 is 0. The van der Waals surface area contributed by atoms with E-state index in [4.69, 9.17) is 4.74 Å². The summed E-state index contributed by atoms with van der Waals surface area (Å²) in [6, 6.07) is 0. The standard InChI is InChI=1S/C14H20O4/c1-8-9(2)13(3,17)7-10-5-6-14(4,12(15)16)18-11(8)10/h17H,5-7H2,1-4H3,(H,15,16). The number of ether oxygens (including phenoxy) is 1. The van der Waals surface area contributed by atoms with Gasteiger partial charge in [-0.1, -0.05) is 0 Å². The molecular formula is C14H20O4. The molecule has 0 radical (unpaired) electrons. The van der Waals surface area contributed by atoms with Gasteiger partial charge in [0.25, 0.3) is 0 Å². The first-order valence-electron chi connectivity index (χ1n) is 6.22. The fourth-order valence-electron chi connectivity index (χ4n) is 2.63. The summed E-state index contributed by atoms with van der Waals surface area (Å²) < 4.78 is 5.73. The van der Waals surface area contributed by atoms with Gasteiger partial charge >= 0.3 is 5.97 Å². The second kappa shape index (κ2) is 3.85. The van der Waals surface area contributed by atoms with Crippen molar-refractivity contribution >= 4 is 5.97 Å². The van der Waals surface area contributed by atoms with E-state index < -0.39 is 17.2 Å². The van der Waals surface area contributed by atoms with E-state index in [-0.39, 0.29) is 0 Å². The number of carbonyl (C=O) groups is 1. The quantitative estimate of drug-likeness (QED) is 0.752. The van der Waals surface area contributed by atoms with Crippen molar-refractivity contribution in [3.8, 4) is 0 Å². The first kappa shape index (κ1) is 13.1. The van der Waals surface area contributed by atoms with Crippen LogP contribution in [0.1, 0.15) is 47.0 Å². The zero-order valence-electron chi connectivity index (χ0n) is 11.3. The molecule has 2 aliphatic rings. The van der Waals surface area contributed by atoms with Crippen LogP contribution in [-0.4, -0.2) is 27.4 Å². The second-order valence-corrected chi connectivity index (χ2v) is 5.77. The highest BCUT2D eigenvalue weighted by Crippen LogP contribution is 2.44. The molecule has 1 aliphatic carbocycles. The summed E-state index contributed by atoms with van der Waals surface area (Å²) in [4.78, 5) is 11.3. The van der Waals surface area contributed by atoms with Gasteiger partial charge in [0.15, 0.2) is 0 Å². The first-order valence-corrected chi connectivity index (χ1v) is 6.22. The van der Waals surface area contributed by atoms with Crippen LogP contribution in [0.25, 0.3) is 0 Å². The third-order valence-electron chi connectivity index (χ3n) is 4.27. The van der Waals surface area contributed by atoms with Crippen molar-refractivity contribution in [1.82, 2.24) is 0 Å². The van der Waals surface area contributed by atoms with E-state index in [2.05, 4.69) is 0 Å². The third-order valence-corrected chi connectivity index (χ3v) is 4.27. The van der Waals surface area contributed by atoms with E-state index in [1.807, 2.05) is 13.8 Å². The van der Waals surface area contributed by atoms with E-state index in [0.29, 0.717) is 25.0 Å². The maximum Gasteiger partial charge on any atom is 0.347 e. The van der Waals surface area contributed by atoms with Gasteiger partial charge in [0.1, 0.15) is 5.76 Å². The molecule has 4 heteroatoms. The van der Waals surface area contributed by atoms with Crippen molar-refractivity contribution in [1.29, 1.82) is 0 Å². The highest BCUT2D eigenvalue weighted by molar-refractivity contribution is 5.77. The summed E-state index contributed by atoms with van der Waals surface area (Å²) in [5.41, 5.74) is 0.762. The van der Waals surface area contributed by atoms with Crippen LogP contribution in [-0.2, 0) is 9.53 Å². The lowest BCUT2D eigenvalue weighted by atomic mass is 9.77. The van der Waals surface area contributed by atoms with Gasteiger partial charge in [-0.05, 0) is 50.8 Å². The number of aliphatic carboxylic acids is 1. The lowest BCUT2D eigenvalue weighted by molar-refractivity contribution is -0.160. The van der Waals surface area contributed by atoms with E-state index in [0.717, 1.165) is 16.7 Å². The summed E-state index contributed by atoms with van der Waals surface area (Å²) in [5, 5.41) is 19.6. The Bertz CT molecular complexity index is 470. The molecule has 0 aromatic heterocycles. The molecule has 0 fully saturated rings. The molecule has 0 aromatic carbocycles. The number of hydrogen-bond acceptors (Lipinski definition) is 3. The fourth-order valence-corrected chi connectivity index (χ4v) is 2.63. The lowest BCUT2D eigenvalue weighted by Gasteiger charge is -2.41. The van der Waals surface area contributed by atoms with Crippen LogP contribution in [0.4, 0.5) is 0 Å². The maximum absolute atomic E-state index is 11.3. The van der Waals surface area contributed by atoms with Gasteiger partial charge in [-0.3, -0.25) is 0 Å². The Balaban J connectivity index is 2.42. The van der Waals surface area contributed by atoms with Gasteiger partial charge in [-0.25, -0.2) is 4.79 Å². The molecule has 0 spiro atoms. The number of aliphatic hydroxyl groups is 1. The van der Waals surface area contributed by atoms with Crippen molar-refractivity contribution < 1.29 is 19.7 Å². The Labute approximate surface area is 107 Å². The number of carboxylic acids is 1. The maximum atomic E-state index is 11.3. The number of rotatable bonds is 1. The number of allylic oxidation sites excluding steroid dienone is 1. The van der Waals surface area contributed by atoms with Gasteiger partial charge < -0.3 is 14.9 Å². The average Bonchev–Trinajstić information content (AvgIpc) is 2.27. The molecule has 0 amide bonds. The minimum Gasteiger partial charge on any atom is -0.478 e. The molecule has 0 bridgehead atoms. The Morgan fingerprint density at radius 2 is 1.94 bits per heavy atom. The SMILES string of the molecule is CC1=C(C)C(C)(O)CC2=C1OC(C)(C(=O)O)CC2. The van der Waals surface area contributed by atoms with Crippen LogP contribution in [0, 0.1) is 0 Å². The monoisotopic (exact) mass is 252 g/mol. The lowest BCUT2D eigenvalue weighted by Crippen LogP contribution is -2.43. The van der Waals surface area contributed by atoms with Crippen molar-refractivity contribution in [2.45, 2.75) is 58.2 Å². The van der Waals surface area contributed by atoms with E-state index >= 15 is 0 Å². The second-order valence-electron chi connectivity index (χ2n) is 5.77. The highest BCUT2D eigenvalue weighted by atomic mass is 16.5. The summed E-state index contributed by atoms with van der Waals surface area (Å²) in [6.45, 7) is 7.15. The molecule has 1 aliphatic heterocycles. The minimum absolute atomic E-state index is 0.448. The molecule has 0 aromatic rings. The van der Waals surface area contributed by atoms with Crippen molar-refractivity contribution in [3.05, 3.63) is 22.5 Å². The largest absolute Gasteiger partial charge is 0.478 e. The Morgan fingerprint density at radius 1 is 1.33 bits per heavy atom. The Hall–Kier alpha value is -1.29. The number of hydrogen-bond donors (Lipinski definition) is 2. The van der Waals surface area contributed by atoms with E-state index in [1.165, 1.54) is 0 Å². The topological polar surface area (TPSA) is 66.8 Å². The molecule has 0 saturated carbocycles. The van der Waals surface area contributed by atoms with Gasteiger partial charge in [-0.2, -0.15) is 0 Å². The predicted molar refractivity (Wildman–Crippen MR) is 67.0 cm³/mol. The Kier molecular flexibility index (Phi) is 2.81. The van der Waals surface area contributed by atoms with E-state index in [1.54, 1.807) is 13.8 Å². The van der Waals surface area contributed by atoms with Gasteiger partial charge in [0.2, 0.25) is 5.60 Å². The van der Waals surface area contributed by atoms with Gasteiger partial charge in [0, 0.05) is 12.8 Å². The summed E-state index contributed by atoms with van der Waals surface area (Å²) in [6.07, 6.45) is 1.64.